The molecule has 19 heavy (non-hydrogen) atoms. The van der Waals surface area contributed by atoms with Crippen molar-refractivity contribution in [1.82, 2.24) is 9.97 Å². The average molecular weight is 266 g/mol. The lowest BCUT2D eigenvalue weighted by atomic mass is 10.2. The third kappa shape index (κ3) is 3.78. The average Bonchev–Trinajstić information content (AvgIpc) is 2.44. The Kier molecular flexibility index (Phi) is 4.93. The van der Waals surface area contributed by atoms with E-state index in [1.807, 2.05) is 6.92 Å². The first-order valence-electron chi connectivity index (χ1n) is 6.80. The minimum atomic E-state index is -0.155. The van der Waals surface area contributed by atoms with E-state index in [2.05, 4.69) is 27.1 Å². The molecule has 1 aromatic heterocycles. The molecule has 1 aliphatic rings. The molecular formula is C13H22N4O2. The number of anilines is 2. The fourth-order valence-electron chi connectivity index (χ4n) is 2.18. The van der Waals surface area contributed by atoms with Crippen molar-refractivity contribution in [2.45, 2.75) is 32.5 Å². The minimum absolute atomic E-state index is 0.0298. The van der Waals surface area contributed by atoms with E-state index in [0.29, 0.717) is 6.54 Å². The van der Waals surface area contributed by atoms with Gasteiger partial charge in [-0.1, -0.05) is 6.92 Å². The van der Waals surface area contributed by atoms with Gasteiger partial charge in [0.15, 0.2) is 0 Å². The molecule has 106 valence electrons. The Morgan fingerprint density at radius 1 is 1.47 bits per heavy atom. The van der Waals surface area contributed by atoms with Gasteiger partial charge in [-0.3, -0.25) is 4.98 Å². The first-order chi connectivity index (χ1) is 9.22. The molecule has 2 N–H and O–H groups in total. The predicted molar refractivity (Wildman–Crippen MR) is 74.4 cm³/mol. The van der Waals surface area contributed by atoms with E-state index in [0.717, 1.165) is 31.1 Å². The number of aromatic nitrogens is 2. The molecule has 1 aromatic rings. The van der Waals surface area contributed by atoms with Gasteiger partial charge in [-0.05, 0) is 13.3 Å². The number of aliphatic hydroxyl groups excluding tert-OH is 1. The normalized spacial score (nSPS) is 23.4. The number of aliphatic hydroxyl groups is 1. The van der Waals surface area contributed by atoms with Crippen LogP contribution in [-0.2, 0) is 4.74 Å². The lowest BCUT2D eigenvalue weighted by Gasteiger charge is -2.36. The van der Waals surface area contributed by atoms with Gasteiger partial charge >= 0.3 is 0 Å². The van der Waals surface area contributed by atoms with Crippen LogP contribution in [0.3, 0.4) is 0 Å². The van der Waals surface area contributed by atoms with Crippen LogP contribution in [0, 0.1) is 0 Å². The number of morpholine rings is 1. The van der Waals surface area contributed by atoms with Gasteiger partial charge in [0.25, 0.3) is 0 Å². The van der Waals surface area contributed by atoms with Crippen LogP contribution < -0.4 is 10.2 Å². The van der Waals surface area contributed by atoms with Crippen LogP contribution in [0.4, 0.5) is 11.6 Å². The Labute approximate surface area is 113 Å². The Bertz CT molecular complexity index is 402. The molecule has 0 aromatic carbocycles. The number of nitrogens with zero attached hydrogens (tertiary/aromatic N) is 3. The molecule has 2 rings (SSSR count). The summed E-state index contributed by atoms with van der Waals surface area (Å²) in [6.07, 6.45) is 4.46. The fourth-order valence-corrected chi connectivity index (χ4v) is 2.18. The molecule has 0 bridgehead atoms. The molecule has 1 aliphatic heterocycles. The van der Waals surface area contributed by atoms with Crippen molar-refractivity contribution in [1.29, 1.82) is 0 Å². The van der Waals surface area contributed by atoms with Crippen LogP contribution in [0.25, 0.3) is 0 Å². The van der Waals surface area contributed by atoms with Crippen molar-refractivity contribution in [3.63, 3.8) is 0 Å². The van der Waals surface area contributed by atoms with Gasteiger partial charge < -0.3 is 20.1 Å². The van der Waals surface area contributed by atoms with Gasteiger partial charge in [0.1, 0.15) is 11.6 Å². The highest BCUT2D eigenvalue weighted by atomic mass is 16.5. The van der Waals surface area contributed by atoms with Gasteiger partial charge in [0.05, 0.1) is 31.2 Å². The Morgan fingerprint density at radius 3 is 3.05 bits per heavy atom. The monoisotopic (exact) mass is 266 g/mol. The second kappa shape index (κ2) is 6.68. The summed E-state index contributed by atoms with van der Waals surface area (Å²) in [5.74, 6) is 1.62. The van der Waals surface area contributed by atoms with Gasteiger partial charge in [-0.25, -0.2) is 4.98 Å². The number of nitrogens with one attached hydrogen (secondary N) is 1. The molecule has 1 fully saturated rings. The Morgan fingerprint density at radius 2 is 2.32 bits per heavy atom. The lowest BCUT2D eigenvalue weighted by molar-refractivity contribution is -0.0423. The number of hydrogen-bond donors (Lipinski definition) is 2. The zero-order valence-corrected chi connectivity index (χ0v) is 11.5. The highest BCUT2D eigenvalue weighted by molar-refractivity contribution is 5.44. The summed E-state index contributed by atoms with van der Waals surface area (Å²) in [5, 5.41) is 12.5. The minimum Gasteiger partial charge on any atom is -0.394 e. The largest absolute Gasteiger partial charge is 0.394 e. The molecular weight excluding hydrogens is 244 g/mol. The van der Waals surface area contributed by atoms with E-state index in [9.17, 15) is 5.11 Å². The van der Waals surface area contributed by atoms with Gasteiger partial charge in [-0.2, -0.15) is 0 Å². The molecule has 0 aliphatic carbocycles. The third-order valence-electron chi connectivity index (χ3n) is 3.03. The second-order valence-electron chi connectivity index (χ2n) is 4.85. The second-order valence-corrected chi connectivity index (χ2v) is 4.85. The standard InChI is InChI=1S/C13H22N4O2/c1-3-4-15-12-5-14-6-13(16-12)17-7-10(2)19-11(8-17)9-18/h5-6,10-11,18H,3-4,7-9H2,1-2H3,(H,15,16). The Hall–Kier alpha value is -1.40. The van der Waals surface area contributed by atoms with E-state index < -0.39 is 0 Å². The van der Waals surface area contributed by atoms with E-state index in [1.54, 1.807) is 12.4 Å². The number of ether oxygens (including phenoxy) is 1. The highest BCUT2D eigenvalue weighted by Gasteiger charge is 2.25. The zero-order valence-electron chi connectivity index (χ0n) is 11.5. The molecule has 0 radical (unpaired) electrons. The van der Waals surface area contributed by atoms with Crippen LogP contribution in [-0.4, -0.2) is 53.5 Å². The maximum atomic E-state index is 9.24. The summed E-state index contributed by atoms with van der Waals surface area (Å²) in [5.41, 5.74) is 0. The molecule has 2 unspecified atom stereocenters. The van der Waals surface area contributed by atoms with Crippen molar-refractivity contribution in [2.24, 2.45) is 0 Å². The summed E-state index contributed by atoms with van der Waals surface area (Å²) < 4.78 is 5.63. The fraction of sp³-hybridized carbons (Fsp3) is 0.692. The van der Waals surface area contributed by atoms with Crippen LogP contribution in [0.2, 0.25) is 0 Å². The molecule has 6 nitrogen and oxygen atoms in total. The molecule has 2 atom stereocenters. The lowest BCUT2D eigenvalue weighted by Crippen LogP contribution is -2.48. The first-order valence-corrected chi connectivity index (χ1v) is 6.80. The number of rotatable bonds is 5. The summed E-state index contributed by atoms with van der Waals surface area (Å²) in [7, 11) is 0. The molecule has 1 saturated heterocycles. The quantitative estimate of drug-likeness (QED) is 0.824. The molecule has 6 heteroatoms. The summed E-state index contributed by atoms with van der Waals surface area (Å²) in [6, 6.07) is 0. The van der Waals surface area contributed by atoms with Crippen LogP contribution in [0.1, 0.15) is 20.3 Å². The van der Waals surface area contributed by atoms with Gasteiger partial charge in [0.2, 0.25) is 0 Å². The summed E-state index contributed by atoms with van der Waals surface area (Å²) in [6.45, 7) is 6.44. The topological polar surface area (TPSA) is 70.5 Å². The maximum Gasteiger partial charge on any atom is 0.149 e. The van der Waals surface area contributed by atoms with E-state index in [4.69, 9.17) is 4.74 Å². The SMILES string of the molecule is CCCNc1cncc(N2CC(C)OC(CO)C2)n1. The number of hydrogen-bond acceptors (Lipinski definition) is 6. The molecule has 0 saturated carbocycles. The van der Waals surface area contributed by atoms with E-state index in [-0.39, 0.29) is 18.8 Å². The molecule has 2 heterocycles. The van der Waals surface area contributed by atoms with Gasteiger partial charge in [0, 0.05) is 19.6 Å². The van der Waals surface area contributed by atoms with Crippen molar-refractivity contribution in [2.75, 3.05) is 36.5 Å². The van der Waals surface area contributed by atoms with Gasteiger partial charge in [-0.15, -0.1) is 0 Å². The van der Waals surface area contributed by atoms with Crippen molar-refractivity contribution in [3.05, 3.63) is 12.4 Å². The Balaban J connectivity index is 2.07. The molecule has 0 spiro atoms. The van der Waals surface area contributed by atoms with Crippen molar-refractivity contribution < 1.29 is 9.84 Å². The smallest absolute Gasteiger partial charge is 0.149 e. The van der Waals surface area contributed by atoms with Crippen molar-refractivity contribution in [3.8, 4) is 0 Å². The summed E-state index contributed by atoms with van der Waals surface area (Å²) >= 11 is 0. The van der Waals surface area contributed by atoms with E-state index >= 15 is 0 Å². The maximum absolute atomic E-state index is 9.24. The van der Waals surface area contributed by atoms with Crippen LogP contribution in [0.5, 0.6) is 0 Å². The highest BCUT2D eigenvalue weighted by Crippen LogP contribution is 2.18. The molecule has 0 amide bonds. The van der Waals surface area contributed by atoms with Crippen LogP contribution >= 0.6 is 0 Å². The predicted octanol–water partition coefficient (Wildman–Crippen LogP) is 0.884. The van der Waals surface area contributed by atoms with Crippen molar-refractivity contribution >= 4 is 11.6 Å². The zero-order chi connectivity index (χ0) is 13.7. The van der Waals surface area contributed by atoms with Crippen LogP contribution in [0.15, 0.2) is 12.4 Å². The van der Waals surface area contributed by atoms with E-state index in [1.165, 1.54) is 0 Å². The first kappa shape index (κ1) is 14.0. The third-order valence-corrected chi connectivity index (χ3v) is 3.03. The summed E-state index contributed by atoms with van der Waals surface area (Å²) in [4.78, 5) is 10.9.